The smallest absolute Gasteiger partial charge is 0.244 e. The highest BCUT2D eigenvalue weighted by atomic mass is 32.2. The molecule has 1 unspecified atom stereocenters. The van der Waals surface area contributed by atoms with Crippen LogP contribution in [0.3, 0.4) is 0 Å². The summed E-state index contributed by atoms with van der Waals surface area (Å²) in [6, 6.07) is -0.440. The summed E-state index contributed by atoms with van der Waals surface area (Å²) in [7, 11) is -3.76. The van der Waals surface area contributed by atoms with Crippen molar-refractivity contribution in [2.45, 2.75) is 31.4 Å². The Morgan fingerprint density at radius 2 is 2.26 bits per heavy atom. The van der Waals surface area contributed by atoms with Crippen LogP contribution in [-0.2, 0) is 16.6 Å². The number of hydrogen-bond donors (Lipinski definition) is 4. The molecule has 0 saturated carbocycles. The lowest BCUT2D eigenvalue weighted by molar-refractivity contribution is 0.273. The molecule has 0 aliphatic heterocycles. The molecule has 4 N–H and O–H groups in total. The fraction of sp³-hybridized carbons (Fsp3) is 0.400. The second kappa shape index (κ2) is 5.11. The molecule has 0 saturated heterocycles. The van der Waals surface area contributed by atoms with Crippen molar-refractivity contribution in [2.24, 2.45) is 0 Å². The second-order valence-corrected chi connectivity index (χ2v) is 5.81. The molecule has 2 rings (SSSR count). The Labute approximate surface area is 110 Å². The van der Waals surface area contributed by atoms with Crippen molar-refractivity contribution in [1.29, 1.82) is 0 Å². The molecule has 19 heavy (non-hydrogen) atoms. The molecule has 104 valence electrons. The molecule has 9 heteroatoms. The van der Waals surface area contributed by atoms with Crippen LogP contribution in [0.15, 0.2) is 17.3 Å². The second-order valence-electron chi connectivity index (χ2n) is 4.16. The number of hydrogen-bond acceptors (Lipinski definition) is 5. The number of aliphatic hydroxyl groups excluding tert-OH is 1. The minimum absolute atomic E-state index is 0.00894. The molecule has 2 aromatic heterocycles. The first-order valence-electron chi connectivity index (χ1n) is 5.61. The van der Waals surface area contributed by atoms with Gasteiger partial charge in [0.15, 0.2) is 0 Å². The molecular formula is C10H15N5O3S. The average Bonchev–Trinajstić information content (AvgIpc) is 2.96. The molecule has 0 aliphatic rings. The van der Waals surface area contributed by atoms with E-state index in [2.05, 4.69) is 25.1 Å². The number of aromatic nitrogens is 4. The van der Waals surface area contributed by atoms with E-state index in [0.717, 1.165) is 5.56 Å². The Kier molecular flexibility index (Phi) is 3.69. The molecule has 2 heterocycles. The monoisotopic (exact) mass is 285 g/mol. The lowest BCUT2D eigenvalue weighted by Crippen LogP contribution is -2.27. The van der Waals surface area contributed by atoms with Crippen LogP contribution in [0.1, 0.15) is 29.9 Å². The third-order valence-electron chi connectivity index (χ3n) is 2.73. The molecule has 0 fully saturated rings. The van der Waals surface area contributed by atoms with Gasteiger partial charge >= 0.3 is 0 Å². The highest BCUT2D eigenvalue weighted by Crippen LogP contribution is 2.20. The van der Waals surface area contributed by atoms with Gasteiger partial charge in [0.2, 0.25) is 10.0 Å². The Balaban J connectivity index is 2.30. The average molecular weight is 285 g/mol. The summed E-state index contributed by atoms with van der Waals surface area (Å²) in [5.41, 5.74) is 1.20. The third-order valence-corrected chi connectivity index (χ3v) is 4.47. The standard InChI is InChI=1S/C10H15N5O3S/c1-6(8-3-11-12-4-8)15-19(17,18)10-7(2)13-14-9(10)5-16/h3-4,6,15-16H,5H2,1-2H3,(H,11,12)(H,13,14). The zero-order valence-electron chi connectivity index (χ0n) is 10.5. The SMILES string of the molecule is Cc1[nH]nc(CO)c1S(=O)(=O)NC(C)c1cn[nH]c1. The minimum atomic E-state index is -3.76. The van der Waals surface area contributed by atoms with Gasteiger partial charge < -0.3 is 5.11 Å². The van der Waals surface area contributed by atoms with Gasteiger partial charge in [-0.25, -0.2) is 13.1 Å². The largest absolute Gasteiger partial charge is 0.390 e. The summed E-state index contributed by atoms with van der Waals surface area (Å²) in [5, 5.41) is 21.8. The van der Waals surface area contributed by atoms with E-state index >= 15 is 0 Å². The first kappa shape index (κ1) is 13.7. The summed E-state index contributed by atoms with van der Waals surface area (Å²) in [5.74, 6) is 0. The molecule has 0 radical (unpaired) electrons. The van der Waals surface area contributed by atoms with Crippen molar-refractivity contribution in [1.82, 2.24) is 25.1 Å². The maximum atomic E-state index is 12.3. The van der Waals surface area contributed by atoms with E-state index in [4.69, 9.17) is 5.11 Å². The number of nitrogens with one attached hydrogen (secondary N) is 3. The highest BCUT2D eigenvalue weighted by Gasteiger charge is 2.26. The van der Waals surface area contributed by atoms with Gasteiger partial charge in [0.05, 0.1) is 18.5 Å². The van der Waals surface area contributed by atoms with E-state index in [9.17, 15) is 8.42 Å². The molecule has 0 aromatic carbocycles. The van der Waals surface area contributed by atoms with Crippen molar-refractivity contribution in [2.75, 3.05) is 0 Å². The zero-order valence-corrected chi connectivity index (χ0v) is 11.3. The molecule has 0 aliphatic carbocycles. The van der Waals surface area contributed by atoms with Gasteiger partial charge in [0.25, 0.3) is 0 Å². The molecule has 1 atom stereocenters. The lowest BCUT2D eigenvalue weighted by Gasteiger charge is -2.12. The van der Waals surface area contributed by atoms with E-state index in [1.165, 1.54) is 0 Å². The predicted molar refractivity (Wildman–Crippen MR) is 66.6 cm³/mol. The first-order valence-corrected chi connectivity index (χ1v) is 7.09. The van der Waals surface area contributed by atoms with Gasteiger partial charge in [-0.1, -0.05) is 0 Å². The number of aryl methyl sites for hydroxylation is 1. The van der Waals surface area contributed by atoms with Gasteiger partial charge in [-0.2, -0.15) is 10.2 Å². The van der Waals surface area contributed by atoms with Crippen LogP contribution in [0.2, 0.25) is 0 Å². The number of H-pyrrole nitrogens is 2. The topological polar surface area (TPSA) is 124 Å². The summed E-state index contributed by atoms with van der Waals surface area (Å²) in [4.78, 5) is -0.00894. The Hall–Kier alpha value is -1.71. The lowest BCUT2D eigenvalue weighted by atomic mass is 10.2. The minimum Gasteiger partial charge on any atom is -0.390 e. The fourth-order valence-electron chi connectivity index (χ4n) is 1.79. The number of aliphatic hydroxyl groups is 1. The van der Waals surface area contributed by atoms with Gasteiger partial charge in [-0.3, -0.25) is 10.2 Å². The van der Waals surface area contributed by atoms with Crippen molar-refractivity contribution in [3.05, 3.63) is 29.3 Å². The number of rotatable bonds is 5. The van der Waals surface area contributed by atoms with Crippen LogP contribution in [-0.4, -0.2) is 33.9 Å². The summed E-state index contributed by atoms with van der Waals surface area (Å²) in [6.07, 6.45) is 3.16. The Bertz CT molecular complexity index is 647. The van der Waals surface area contributed by atoms with E-state index in [0.29, 0.717) is 5.69 Å². The van der Waals surface area contributed by atoms with Crippen LogP contribution in [0.25, 0.3) is 0 Å². The van der Waals surface area contributed by atoms with Gasteiger partial charge in [0, 0.05) is 17.8 Å². The van der Waals surface area contributed by atoms with Gasteiger partial charge in [-0.05, 0) is 13.8 Å². The van der Waals surface area contributed by atoms with Crippen LogP contribution in [0, 0.1) is 6.92 Å². The van der Waals surface area contributed by atoms with Crippen LogP contribution in [0.4, 0.5) is 0 Å². The summed E-state index contributed by atoms with van der Waals surface area (Å²) >= 11 is 0. The van der Waals surface area contributed by atoms with E-state index in [1.807, 2.05) is 0 Å². The van der Waals surface area contributed by atoms with Gasteiger partial charge in [-0.15, -0.1) is 0 Å². The maximum Gasteiger partial charge on any atom is 0.244 e. The molecule has 0 spiro atoms. The Morgan fingerprint density at radius 1 is 1.53 bits per heavy atom. The molecule has 8 nitrogen and oxygen atoms in total. The van der Waals surface area contributed by atoms with E-state index < -0.39 is 22.7 Å². The van der Waals surface area contributed by atoms with Crippen molar-refractivity contribution < 1.29 is 13.5 Å². The van der Waals surface area contributed by atoms with Crippen LogP contribution < -0.4 is 4.72 Å². The third kappa shape index (κ3) is 2.67. The number of aromatic amines is 2. The van der Waals surface area contributed by atoms with Crippen molar-refractivity contribution in [3.63, 3.8) is 0 Å². The number of nitrogens with zero attached hydrogens (tertiary/aromatic N) is 2. The zero-order chi connectivity index (χ0) is 14.0. The fourth-order valence-corrected chi connectivity index (χ4v) is 3.38. The molecule has 2 aromatic rings. The first-order chi connectivity index (χ1) is 8.95. The quantitative estimate of drug-likeness (QED) is 0.614. The maximum absolute atomic E-state index is 12.3. The van der Waals surface area contributed by atoms with Crippen molar-refractivity contribution >= 4 is 10.0 Å². The summed E-state index contributed by atoms with van der Waals surface area (Å²) < 4.78 is 27.1. The Morgan fingerprint density at radius 3 is 2.84 bits per heavy atom. The highest BCUT2D eigenvalue weighted by molar-refractivity contribution is 7.89. The predicted octanol–water partition coefficient (Wildman–Crippen LogP) is -0.0270. The van der Waals surface area contributed by atoms with E-state index in [-0.39, 0.29) is 10.6 Å². The van der Waals surface area contributed by atoms with Crippen LogP contribution >= 0.6 is 0 Å². The molecule has 0 amide bonds. The normalized spacial score (nSPS) is 13.6. The molecule has 0 bridgehead atoms. The van der Waals surface area contributed by atoms with E-state index in [1.54, 1.807) is 26.2 Å². The van der Waals surface area contributed by atoms with Gasteiger partial charge in [0.1, 0.15) is 10.6 Å². The molecular weight excluding hydrogens is 270 g/mol. The number of sulfonamides is 1. The summed E-state index contributed by atoms with van der Waals surface area (Å²) in [6.45, 7) is 2.85. The van der Waals surface area contributed by atoms with Crippen LogP contribution in [0.5, 0.6) is 0 Å². The van der Waals surface area contributed by atoms with Crippen molar-refractivity contribution in [3.8, 4) is 0 Å².